The zero-order chi connectivity index (χ0) is 12.1. The molecule has 2 N–H and O–H groups in total. The van der Waals surface area contributed by atoms with Crippen LogP contribution in [0.25, 0.3) is 0 Å². The van der Waals surface area contributed by atoms with Gasteiger partial charge in [-0.3, -0.25) is 0 Å². The van der Waals surface area contributed by atoms with Crippen LogP contribution in [0.4, 0.5) is 0 Å². The number of nitrogens with zero attached hydrogens (tertiary/aromatic N) is 1. The molecule has 2 fully saturated rings. The summed E-state index contributed by atoms with van der Waals surface area (Å²) in [4.78, 5) is 2.39. The highest BCUT2D eigenvalue weighted by Crippen LogP contribution is 2.28. The van der Waals surface area contributed by atoms with Gasteiger partial charge in [-0.1, -0.05) is 0 Å². The number of likely N-dealkylation sites (N-methyl/N-ethyl adjacent to an activating group) is 1. The minimum absolute atomic E-state index is 0.361. The van der Waals surface area contributed by atoms with Gasteiger partial charge in [0.25, 0.3) is 0 Å². The topological polar surface area (TPSA) is 44.7 Å². The Labute approximate surface area is 104 Å². The van der Waals surface area contributed by atoms with Crippen molar-refractivity contribution >= 4 is 0 Å². The van der Waals surface area contributed by atoms with Gasteiger partial charge in [-0.25, -0.2) is 0 Å². The van der Waals surface area contributed by atoms with Crippen molar-refractivity contribution in [2.45, 2.75) is 37.8 Å². The van der Waals surface area contributed by atoms with Crippen molar-refractivity contribution in [1.82, 2.24) is 10.2 Å². The maximum atomic E-state index is 9.72. The summed E-state index contributed by atoms with van der Waals surface area (Å²) in [6.45, 7) is 4.15. The van der Waals surface area contributed by atoms with Gasteiger partial charge in [-0.2, -0.15) is 0 Å². The summed E-state index contributed by atoms with van der Waals surface area (Å²) in [6.07, 6.45) is 4.83. The van der Waals surface area contributed by atoms with Crippen molar-refractivity contribution in [3.63, 3.8) is 0 Å². The SMILES string of the molecule is CN1CCCC1CNCC(O)COCC1CC1. The summed E-state index contributed by atoms with van der Waals surface area (Å²) in [7, 11) is 2.18. The Balaban J connectivity index is 1.45. The summed E-state index contributed by atoms with van der Waals surface area (Å²) in [6, 6.07) is 0.648. The van der Waals surface area contributed by atoms with Gasteiger partial charge in [0.2, 0.25) is 0 Å². The number of hydrogen-bond acceptors (Lipinski definition) is 4. The molecule has 100 valence electrons. The van der Waals surface area contributed by atoms with Crippen LogP contribution in [0.2, 0.25) is 0 Å². The van der Waals surface area contributed by atoms with Crippen molar-refractivity contribution in [3.8, 4) is 0 Å². The highest BCUT2D eigenvalue weighted by atomic mass is 16.5. The fraction of sp³-hybridized carbons (Fsp3) is 1.00. The average molecular weight is 242 g/mol. The molecule has 1 saturated carbocycles. The van der Waals surface area contributed by atoms with E-state index in [1.807, 2.05) is 0 Å². The Bertz CT molecular complexity index is 221. The van der Waals surface area contributed by atoms with E-state index in [4.69, 9.17) is 4.74 Å². The van der Waals surface area contributed by atoms with Gasteiger partial charge in [-0.15, -0.1) is 0 Å². The van der Waals surface area contributed by atoms with Gasteiger partial charge in [0.1, 0.15) is 0 Å². The predicted octanol–water partition coefficient (Wildman–Crippen LogP) is 0.458. The van der Waals surface area contributed by atoms with E-state index in [-0.39, 0.29) is 6.10 Å². The minimum Gasteiger partial charge on any atom is -0.389 e. The van der Waals surface area contributed by atoms with Crippen LogP contribution in [0.1, 0.15) is 25.7 Å². The lowest BCUT2D eigenvalue weighted by Crippen LogP contribution is -2.39. The summed E-state index contributed by atoms with van der Waals surface area (Å²) in [5.41, 5.74) is 0. The smallest absolute Gasteiger partial charge is 0.0897 e. The van der Waals surface area contributed by atoms with E-state index < -0.39 is 0 Å². The summed E-state index contributed by atoms with van der Waals surface area (Å²) in [5, 5.41) is 13.1. The first-order valence-electron chi connectivity index (χ1n) is 6.92. The highest BCUT2D eigenvalue weighted by Gasteiger charge is 2.22. The molecule has 17 heavy (non-hydrogen) atoms. The lowest BCUT2D eigenvalue weighted by Gasteiger charge is -2.20. The van der Waals surface area contributed by atoms with Crippen LogP contribution in [0.5, 0.6) is 0 Å². The van der Waals surface area contributed by atoms with E-state index in [1.165, 1.54) is 32.2 Å². The first-order valence-corrected chi connectivity index (χ1v) is 6.92. The third-order valence-electron chi connectivity index (χ3n) is 3.79. The Morgan fingerprint density at radius 2 is 2.24 bits per heavy atom. The quantitative estimate of drug-likeness (QED) is 0.649. The van der Waals surface area contributed by atoms with Crippen molar-refractivity contribution in [2.75, 3.05) is 39.9 Å². The second kappa shape index (κ2) is 6.69. The molecular formula is C13H26N2O2. The van der Waals surface area contributed by atoms with Crippen molar-refractivity contribution in [3.05, 3.63) is 0 Å². The molecule has 0 aromatic carbocycles. The van der Waals surface area contributed by atoms with Gasteiger partial charge in [0.15, 0.2) is 0 Å². The molecule has 0 aromatic heterocycles. The number of rotatable bonds is 8. The molecule has 0 spiro atoms. The number of ether oxygens (including phenoxy) is 1. The van der Waals surface area contributed by atoms with E-state index in [1.54, 1.807) is 0 Å². The van der Waals surface area contributed by atoms with Gasteiger partial charge in [-0.05, 0) is 45.2 Å². The first kappa shape index (κ1) is 13.3. The maximum absolute atomic E-state index is 9.72. The van der Waals surface area contributed by atoms with Crippen LogP contribution in [0.15, 0.2) is 0 Å². The van der Waals surface area contributed by atoms with Crippen molar-refractivity contribution in [1.29, 1.82) is 0 Å². The van der Waals surface area contributed by atoms with Crippen molar-refractivity contribution < 1.29 is 9.84 Å². The summed E-state index contributed by atoms with van der Waals surface area (Å²) < 4.78 is 5.46. The minimum atomic E-state index is -0.361. The van der Waals surface area contributed by atoms with Crippen molar-refractivity contribution in [2.24, 2.45) is 5.92 Å². The predicted molar refractivity (Wildman–Crippen MR) is 68.1 cm³/mol. The monoisotopic (exact) mass is 242 g/mol. The van der Waals surface area contributed by atoms with Gasteiger partial charge < -0.3 is 20.1 Å². The Morgan fingerprint density at radius 3 is 2.88 bits per heavy atom. The van der Waals surface area contributed by atoms with E-state index in [9.17, 15) is 5.11 Å². The second-order valence-corrected chi connectivity index (χ2v) is 5.57. The fourth-order valence-electron chi connectivity index (χ4n) is 2.37. The zero-order valence-corrected chi connectivity index (χ0v) is 10.9. The fourth-order valence-corrected chi connectivity index (χ4v) is 2.37. The molecule has 1 aliphatic carbocycles. The van der Waals surface area contributed by atoms with Crippen LogP contribution >= 0.6 is 0 Å². The number of aliphatic hydroxyl groups is 1. The largest absolute Gasteiger partial charge is 0.389 e. The first-order chi connectivity index (χ1) is 8.25. The maximum Gasteiger partial charge on any atom is 0.0897 e. The van der Waals surface area contributed by atoms with Crippen LogP contribution < -0.4 is 5.32 Å². The number of hydrogen-bond donors (Lipinski definition) is 2. The van der Waals surface area contributed by atoms with Crippen LogP contribution in [-0.4, -0.2) is 62.0 Å². The van der Waals surface area contributed by atoms with E-state index in [2.05, 4.69) is 17.3 Å². The summed E-state index contributed by atoms with van der Waals surface area (Å²) in [5.74, 6) is 0.780. The van der Waals surface area contributed by atoms with Gasteiger partial charge in [0, 0.05) is 25.7 Å². The van der Waals surface area contributed by atoms with Crippen LogP contribution in [0.3, 0.4) is 0 Å². The third-order valence-corrected chi connectivity index (χ3v) is 3.79. The highest BCUT2D eigenvalue weighted by molar-refractivity contribution is 4.78. The molecule has 4 heteroatoms. The normalized spacial score (nSPS) is 27.5. The van der Waals surface area contributed by atoms with E-state index in [0.717, 1.165) is 19.1 Å². The molecule has 0 radical (unpaired) electrons. The lowest BCUT2D eigenvalue weighted by atomic mass is 10.2. The molecule has 0 amide bonds. The lowest BCUT2D eigenvalue weighted by molar-refractivity contribution is 0.0320. The van der Waals surface area contributed by atoms with E-state index in [0.29, 0.717) is 19.2 Å². The molecule has 0 aromatic rings. The molecule has 2 rings (SSSR count). The number of likely N-dealkylation sites (tertiary alicyclic amines) is 1. The molecule has 2 atom stereocenters. The summed E-state index contributed by atoms with van der Waals surface area (Å²) >= 11 is 0. The molecule has 2 unspecified atom stereocenters. The number of aliphatic hydroxyl groups excluding tert-OH is 1. The molecule has 1 aliphatic heterocycles. The Kier molecular flexibility index (Phi) is 5.22. The number of nitrogens with one attached hydrogen (secondary N) is 1. The molecule has 1 saturated heterocycles. The average Bonchev–Trinajstić information content (AvgIpc) is 3.03. The molecule has 1 heterocycles. The van der Waals surface area contributed by atoms with Gasteiger partial charge in [0.05, 0.1) is 12.7 Å². The van der Waals surface area contributed by atoms with Crippen LogP contribution in [-0.2, 0) is 4.74 Å². The molecule has 0 bridgehead atoms. The molecule has 4 nitrogen and oxygen atoms in total. The standard InChI is InChI=1S/C13H26N2O2/c1-15-6-2-3-12(15)7-14-8-13(16)10-17-9-11-4-5-11/h11-14,16H,2-10H2,1H3. The molecular weight excluding hydrogens is 216 g/mol. The third kappa shape index (κ3) is 4.92. The van der Waals surface area contributed by atoms with Crippen LogP contribution in [0, 0.1) is 5.92 Å². The second-order valence-electron chi connectivity index (χ2n) is 5.57. The molecule has 2 aliphatic rings. The van der Waals surface area contributed by atoms with Gasteiger partial charge >= 0.3 is 0 Å². The Hall–Kier alpha value is -0.160. The zero-order valence-electron chi connectivity index (χ0n) is 10.9. The Morgan fingerprint density at radius 1 is 1.41 bits per heavy atom. The van der Waals surface area contributed by atoms with E-state index >= 15 is 0 Å².